The molecule has 0 amide bonds. The SMILES string of the molecule is CCc1nc(C2COc3ccccc3O2)sc1CN. The average Bonchev–Trinajstić information content (AvgIpc) is 2.90. The van der Waals surface area contributed by atoms with Gasteiger partial charge in [-0.2, -0.15) is 0 Å². The summed E-state index contributed by atoms with van der Waals surface area (Å²) in [6.45, 7) is 3.12. The molecule has 1 aromatic carbocycles. The number of rotatable bonds is 3. The Morgan fingerprint density at radius 1 is 1.37 bits per heavy atom. The van der Waals surface area contributed by atoms with Gasteiger partial charge in [0.05, 0.1) is 5.69 Å². The van der Waals surface area contributed by atoms with E-state index < -0.39 is 0 Å². The van der Waals surface area contributed by atoms with Crippen molar-refractivity contribution in [2.75, 3.05) is 6.61 Å². The van der Waals surface area contributed by atoms with E-state index in [-0.39, 0.29) is 6.10 Å². The van der Waals surface area contributed by atoms with E-state index in [1.807, 2.05) is 24.3 Å². The van der Waals surface area contributed by atoms with E-state index in [1.165, 1.54) is 0 Å². The molecule has 2 aromatic rings. The van der Waals surface area contributed by atoms with Gasteiger partial charge < -0.3 is 15.2 Å². The van der Waals surface area contributed by atoms with Gasteiger partial charge in [-0.1, -0.05) is 19.1 Å². The van der Waals surface area contributed by atoms with E-state index in [2.05, 4.69) is 11.9 Å². The van der Waals surface area contributed by atoms with Gasteiger partial charge in [0.25, 0.3) is 0 Å². The molecule has 0 spiro atoms. The highest BCUT2D eigenvalue weighted by Gasteiger charge is 2.25. The van der Waals surface area contributed by atoms with Crippen LogP contribution in [0.1, 0.15) is 28.6 Å². The van der Waals surface area contributed by atoms with E-state index in [9.17, 15) is 0 Å². The molecule has 0 saturated heterocycles. The molecule has 1 aliphatic heterocycles. The molecule has 3 rings (SSSR count). The zero-order valence-electron chi connectivity index (χ0n) is 10.8. The number of thiazole rings is 1. The van der Waals surface area contributed by atoms with E-state index >= 15 is 0 Å². The molecule has 100 valence electrons. The van der Waals surface area contributed by atoms with Crippen molar-refractivity contribution in [3.05, 3.63) is 39.8 Å². The number of hydrogen-bond donors (Lipinski definition) is 1. The monoisotopic (exact) mass is 276 g/mol. The highest BCUT2D eigenvalue weighted by Crippen LogP contribution is 2.37. The Kier molecular flexibility index (Phi) is 3.40. The molecular weight excluding hydrogens is 260 g/mol. The molecule has 2 heterocycles. The molecule has 0 saturated carbocycles. The molecule has 1 atom stereocenters. The lowest BCUT2D eigenvalue weighted by Crippen LogP contribution is -2.21. The summed E-state index contributed by atoms with van der Waals surface area (Å²) in [5.41, 5.74) is 6.82. The van der Waals surface area contributed by atoms with Crippen molar-refractivity contribution in [2.45, 2.75) is 26.0 Å². The molecule has 1 aromatic heterocycles. The summed E-state index contributed by atoms with van der Waals surface area (Å²) in [6, 6.07) is 7.71. The largest absolute Gasteiger partial charge is 0.485 e. The molecule has 19 heavy (non-hydrogen) atoms. The zero-order chi connectivity index (χ0) is 13.2. The number of benzene rings is 1. The van der Waals surface area contributed by atoms with Gasteiger partial charge in [-0.25, -0.2) is 4.98 Å². The fourth-order valence-electron chi connectivity index (χ4n) is 2.12. The Balaban J connectivity index is 1.86. The van der Waals surface area contributed by atoms with Crippen LogP contribution >= 0.6 is 11.3 Å². The van der Waals surface area contributed by atoms with Crippen molar-refractivity contribution in [3.63, 3.8) is 0 Å². The summed E-state index contributed by atoms with van der Waals surface area (Å²) in [7, 11) is 0. The van der Waals surface area contributed by atoms with Crippen LogP contribution in [0.4, 0.5) is 0 Å². The number of nitrogens with two attached hydrogens (primary N) is 1. The third kappa shape index (κ3) is 2.31. The van der Waals surface area contributed by atoms with Gasteiger partial charge in [-0.15, -0.1) is 11.3 Å². The van der Waals surface area contributed by atoms with Crippen LogP contribution < -0.4 is 15.2 Å². The normalized spacial score (nSPS) is 17.5. The van der Waals surface area contributed by atoms with Crippen LogP contribution in [0.2, 0.25) is 0 Å². The van der Waals surface area contributed by atoms with E-state index in [1.54, 1.807) is 11.3 Å². The fraction of sp³-hybridized carbons (Fsp3) is 0.357. The molecule has 5 heteroatoms. The summed E-state index contributed by atoms with van der Waals surface area (Å²) in [5.74, 6) is 1.58. The van der Waals surface area contributed by atoms with Gasteiger partial charge in [0.1, 0.15) is 11.6 Å². The van der Waals surface area contributed by atoms with Crippen LogP contribution in [0.25, 0.3) is 0 Å². The third-order valence-electron chi connectivity index (χ3n) is 3.10. The number of aromatic nitrogens is 1. The maximum Gasteiger partial charge on any atom is 0.184 e. The Hall–Kier alpha value is -1.59. The topological polar surface area (TPSA) is 57.4 Å². The zero-order valence-corrected chi connectivity index (χ0v) is 11.6. The van der Waals surface area contributed by atoms with Gasteiger partial charge >= 0.3 is 0 Å². The first-order valence-corrected chi connectivity index (χ1v) is 7.20. The quantitative estimate of drug-likeness (QED) is 0.936. The van der Waals surface area contributed by atoms with Crippen LogP contribution in [0.15, 0.2) is 24.3 Å². The number of ether oxygens (including phenoxy) is 2. The smallest absolute Gasteiger partial charge is 0.184 e. The standard InChI is InChI=1S/C14H16N2O2S/c1-2-9-13(7-15)19-14(16-9)12-8-17-10-5-3-4-6-11(10)18-12/h3-6,12H,2,7-8,15H2,1H3. The minimum Gasteiger partial charge on any atom is -0.485 e. The first-order chi connectivity index (χ1) is 9.31. The van der Waals surface area contributed by atoms with Gasteiger partial charge in [0, 0.05) is 11.4 Å². The van der Waals surface area contributed by atoms with Crippen molar-refractivity contribution in [2.24, 2.45) is 5.73 Å². The van der Waals surface area contributed by atoms with Crippen molar-refractivity contribution in [1.82, 2.24) is 4.98 Å². The van der Waals surface area contributed by atoms with Gasteiger partial charge in [-0.3, -0.25) is 0 Å². The number of para-hydroxylation sites is 2. The van der Waals surface area contributed by atoms with E-state index in [4.69, 9.17) is 15.2 Å². The Morgan fingerprint density at radius 3 is 2.84 bits per heavy atom. The molecule has 1 unspecified atom stereocenters. The maximum atomic E-state index is 5.96. The maximum absolute atomic E-state index is 5.96. The van der Waals surface area contributed by atoms with Gasteiger partial charge in [0.15, 0.2) is 17.6 Å². The van der Waals surface area contributed by atoms with Crippen LogP contribution in [-0.2, 0) is 13.0 Å². The Bertz CT molecular complexity index is 561. The first-order valence-electron chi connectivity index (χ1n) is 6.38. The second-order valence-electron chi connectivity index (χ2n) is 4.34. The van der Waals surface area contributed by atoms with E-state index in [0.717, 1.165) is 33.5 Å². The molecule has 0 aliphatic carbocycles. The molecule has 4 nitrogen and oxygen atoms in total. The second-order valence-corrected chi connectivity index (χ2v) is 5.46. The van der Waals surface area contributed by atoms with Gasteiger partial charge in [0.2, 0.25) is 0 Å². The first kappa shape index (κ1) is 12.4. The highest BCUT2D eigenvalue weighted by molar-refractivity contribution is 7.11. The van der Waals surface area contributed by atoms with Crippen LogP contribution in [0, 0.1) is 0 Å². The Morgan fingerprint density at radius 2 is 2.16 bits per heavy atom. The molecule has 0 radical (unpaired) electrons. The highest BCUT2D eigenvalue weighted by atomic mass is 32.1. The predicted molar refractivity (Wildman–Crippen MR) is 74.7 cm³/mol. The summed E-state index contributed by atoms with van der Waals surface area (Å²) in [6.07, 6.45) is 0.762. The number of aryl methyl sites for hydroxylation is 1. The molecule has 0 fully saturated rings. The number of nitrogens with zero attached hydrogens (tertiary/aromatic N) is 1. The van der Waals surface area contributed by atoms with Crippen LogP contribution in [-0.4, -0.2) is 11.6 Å². The lowest BCUT2D eigenvalue weighted by molar-refractivity contribution is 0.0910. The predicted octanol–water partition coefficient (Wildman–Crippen LogP) is 2.68. The van der Waals surface area contributed by atoms with Crippen molar-refractivity contribution >= 4 is 11.3 Å². The van der Waals surface area contributed by atoms with Crippen molar-refractivity contribution < 1.29 is 9.47 Å². The Labute approximate surface area is 116 Å². The van der Waals surface area contributed by atoms with Crippen LogP contribution in [0.5, 0.6) is 11.5 Å². The number of hydrogen-bond acceptors (Lipinski definition) is 5. The minimum absolute atomic E-state index is 0.134. The lowest BCUT2D eigenvalue weighted by Gasteiger charge is -2.24. The van der Waals surface area contributed by atoms with Crippen molar-refractivity contribution in [1.29, 1.82) is 0 Å². The fourth-order valence-corrected chi connectivity index (χ4v) is 3.16. The summed E-state index contributed by atoms with van der Waals surface area (Å²) in [4.78, 5) is 5.77. The van der Waals surface area contributed by atoms with Crippen LogP contribution in [0.3, 0.4) is 0 Å². The second kappa shape index (κ2) is 5.19. The molecule has 2 N–H and O–H groups in total. The summed E-state index contributed by atoms with van der Waals surface area (Å²) in [5, 5.41) is 0.951. The minimum atomic E-state index is -0.134. The number of fused-ring (bicyclic) bond motifs is 1. The molecule has 0 bridgehead atoms. The van der Waals surface area contributed by atoms with Gasteiger partial charge in [-0.05, 0) is 18.6 Å². The average molecular weight is 276 g/mol. The summed E-state index contributed by atoms with van der Waals surface area (Å²) >= 11 is 1.62. The van der Waals surface area contributed by atoms with E-state index in [0.29, 0.717) is 13.2 Å². The summed E-state index contributed by atoms with van der Waals surface area (Å²) < 4.78 is 11.7. The third-order valence-corrected chi connectivity index (χ3v) is 4.31. The van der Waals surface area contributed by atoms with Crippen molar-refractivity contribution in [3.8, 4) is 11.5 Å². The molecule has 1 aliphatic rings. The lowest BCUT2D eigenvalue weighted by atomic mass is 10.2. The molecular formula is C14H16N2O2S.